The summed E-state index contributed by atoms with van der Waals surface area (Å²) in [4.78, 5) is 25.0. The van der Waals surface area contributed by atoms with Crippen molar-refractivity contribution in [2.75, 3.05) is 10.6 Å². The van der Waals surface area contributed by atoms with Gasteiger partial charge in [-0.15, -0.1) is 0 Å². The minimum atomic E-state index is -0.812. The molecule has 0 saturated heterocycles. The van der Waals surface area contributed by atoms with Gasteiger partial charge in [-0.3, -0.25) is 9.59 Å². The number of nitrogens with zero attached hydrogens (tertiary/aromatic N) is 2. The fourth-order valence-electron chi connectivity index (χ4n) is 3.18. The predicted octanol–water partition coefficient (Wildman–Crippen LogP) is 4.17. The molecule has 1 unspecified atom stereocenters. The minimum Gasteiger partial charge on any atom is -0.324 e. The zero-order valence-electron chi connectivity index (χ0n) is 14.9. The standard InChI is InChI=1S/C20H16ClFN4O2/c1-11-18(12-2-4-13(21)5-3-12)25-26-16(10-17(27)24-19(11)26)20(28)23-15-8-6-14(22)7-9-15/h2-9,16H,10H2,1H3,(H,23,28)(H,24,27). The average Bonchev–Trinajstić information content (AvgIpc) is 3.00. The van der Waals surface area contributed by atoms with Crippen LogP contribution >= 0.6 is 11.6 Å². The molecule has 8 heteroatoms. The molecule has 6 nitrogen and oxygen atoms in total. The average molecular weight is 399 g/mol. The highest BCUT2D eigenvalue weighted by Crippen LogP contribution is 2.34. The van der Waals surface area contributed by atoms with E-state index >= 15 is 0 Å². The predicted molar refractivity (Wildman–Crippen MR) is 105 cm³/mol. The van der Waals surface area contributed by atoms with Crippen molar-refractivity contribution < 1.29 is 14.0 Å². The quantitative estimate of drug-likeness (QED) is 0.695. The van der Waals surface area contributed by atoms with Crippen molar-refractivity contribution in [2.24, 2.45) is 0 Å². The molecule has 142 valence electrons. The summed E-state index contributed by atoms with van der Waals surface area (Å²) in [6.07, 6.45) is -0.0405. The van der Waals surface area contributed by atoms with Gasteiger partial charge in [0.15, 0.2) is 0 Å². The molecule has 1 aromatic heterocycles. The molecule has 0 aliphatic carbocycles. The lowest BCUT2D eigenvalue weighted by atomic mass is 10.1. The van der Waals surface area contributed by atoms with Crippen LogP contribution in [0.3, 0.4) is 0 Å². The first kappa shape index (κ1) is 18.2. The summed E-state index contributed by atoms with van der Waals surface area (Å²) < 4.78 is 14.6. The fourth-order valence-corrected chi connectivity index (χ4v) is 3.31. The highest BCUT2D eigenvalue weighted by molar-refractivity contribution is 6.30. The smallest absolute Gasteiger partial charge is 0.249 e. The van der Waals surface area contributed by atoms with Gasteiger partial charge in [0.1, 0.15) is 17.7 Å². The van der Waals surface area contributed by atoms with E-state index in [2.05, 4.69) is 15.7 Å². The van der Waals surface area contributed by atoms with Crippen molar-refractivity contribution in [1.82, 2.24) is 9.78 Å². The van der Waals surface area contributed by atoms with E-state index in [1.807, 2.05) is 19.1 Å². The van der Waals surface area contributed by atoms with Crippen molar-refractivity contribution in [3.05, 3.63) is 64.9 Å². The first-order valence-corrected chi connectivity index (χ1v) is 9.01. The highest BCUT2D eigenvalue weighted by Gasteiger charge is 2.34. The maximum Gasteiger partial charge on any atom is 0.249 e. The highest BCUT2D eigenvalue weighted by atomic mass is 35.5. The minimum absolute atomic E-state index is 0.0405. The van der Waals surface area contributed by atoms with Gasteiger partial charge in [0.2, 0.25) is 11.8 Å². The topological polar surface area (TPSA) is 76.0 Å². The second-order valence-corrected chi connectivity index (χ2v) is 6.97. The van der Waals surface area contributed by atoms with E-state index in [9.17, 15) is 14.0 Å². The summed E-state index contributed by atoms with van der Waals surface area (Å²) in [5.74, 6) is -0.571. The van der Waals surface area contributed by atoms with Gasteiger partial charge in [-0.2, -0.15) is 5.10 Å². The van der Waals surface area contributed by atoms with Crippen molar-refractivity contribution in [1.29, 1.82) is 0 Å². The Kier molecular flexibility index (Phi) is 4.60. The third-order valence-corrected chi connectivity index (χ3v) is 4.86. The van der Waals surface area contributed by atoms with Crippen molar-refractivity contribution in [3.8, 4) is 11.3 Å². The van der Waals surface area contributed by atoms with Crippen molar-refractivity contribution >= 4 is 34.9 Å². The van der Waals surface area contributed by atoms with Gasteiger partial charge < -0.3 is 10.6 Å². The van der Waals surface area contributed by atoms with Crippen LogP contribution in [0.5, 0.6) is 0 Å². The molecule has 2 heterocycles. The molecular formula is C20H16ClFN4O2. The lowest BCUT2D eigenvalue weighted by Gasteiger charge is -2.24. The molecule has 0 radical (unpaired) electrons. The first-order chi connectivity index (χ1) is 13.4. The molecule has 0 saturated carbocycles. The molecule has 1 aliphatic heterocycles. The number of amides is 2. The second kappa shape index (κ2) is 7.09. The number of benzene rings is 2. The van der Waals surface area contributed by atoms with Crippen LogP contribution in [0.25, 0.3) is 11.3 Å². The van der Waals surface area contributed by atoms with Crippen molar-refractivity contribution in [2.45, 2.75) is 19.4 Å². The molecular weight excluding hydrogens is 383 g/mol. The van der Waals surface area contributed by atoms with Gasteiger partial charge in [-0.25, -0.2) is 9.07 Å². The Labute approximate surface area is 165 Å². The van der Waals surface area contributed by atoms with Gasteiger partial charge in [-0.1, -0.05) is 23.7 Å². The lowest BCUT2D eigenvalue weighted by Crippen LogP contribution is -2.35. The van der Waals surface area contributed by atoms with Crippen LogP contribution in [0, 0.1) is 12.7 Å². The van der Waals surface area contributed by atoms with Gasteiger partial charge in [0.25, 0.3) is 0 Å². The molecule has 0 bridgehead atoms. The van der Waals surface area contributed by atoms with E-state index in [0.29, 0.717) is 22.2 Å². The van der Waals surface area contributed by atoms with Crippen LogP contribution in [0.1, 0.15) is 18.0 Å². The van der Waals surface area contributed by atoms with E-state index in [4.69, 9.17) is 11.6 Å². The van der Waals surface area contributed by atoms with E-state index in [1.54, 1.807) is 12.1 Å². The van der Waals surface area contributed by atoms with Crippen molar-refractivity contribution in [3.63, 3.8) is 0 Å². The Balaban J connectivity index is 1.69. The summed E-state index contributed by atoms with van der Waals surface area (Å²) in [7, 11) is 0. The Morgan fingerprint density at radius 1 is 1.21 bits per heavy atom. The summed E-state index contributed by atoms with van der Waals surface area (Å²) >= 11 is 5.95. The molecule has 28 heavy (non-hydrogen) atoms. The number of hydrogen-bond donors (Lipinski definition) is 2. The summed E-state index contributed by atoms with van der Waals surface area (Å²) in [5, 5.41) is 10.7. The number of fused-ring (bicyclic) bond motifs is 1. The van der Waals surface area contributed by atoms with Gasteiger partial charge in [0, 0.05) is 21.8 Å². The molecule has 2 amide bonds. The Bertz CT molecular complexity index is 1060. The van der Waals surface area contributed by atoms with E-state index in [1.165, 1.54) is 28.9 Å². The van der Waals surface area contributed by atoms with E-state index < -0.39 is 17.8 Å². The summed E-state index contributed by atoms with van der Waals surface area (Å²) in [6, 6.07) is 11.8. The maximum absolute atomic E-state index is 13.1. The monoisotopic (exact) mass is 398 g/mol. The number of carbonyl (C=O) groups is 2. The number of halogens is 2. The number of rotatable bonds is 3. The molecule has 1 atom stereocenters. The maximum atomic E-state index is 13.1. The largest absolute Gasteiger partial charge is 0.324 e. The summed E-state index contributed by atoms with van der Waals surface area (Å²) in [6.45, 7) is 1.84. The third-order valence-electron chi connectivity index (χ3n) is 4.61. The molecule has 2 aromatic carbocycles. The first-order valence-electron chi connectivity index (χ1n) is 8.63. The van der Waals surface area contributed by atoms with Gasteiger partial charge in [0.05, 0.1) is 12.1 Å². The van der Waals surface area contributed by atoms with E-state index in [-0.39, 0.29) is 12.3 Å². The second-order valence-electron chi connectivity index (χ2n) is 6.54. The van der Waals surface area contributed by atoms with E-state index in [0.717, 1.165) is 11.1 Å². The Hall–Kier alpha value is -3.19. The van der Waals surface area contributed by atoms with Gasteiger partial charge >= 0.3 is 0 Å². The SMILES string of the molecule is Cc1c(-c2ccc(Cl)cc2)nn2c1NC(=O)CC2C(=O)Nc1ccc(F)cc1. The van der Waals surface area contributed by atoms with Crippen LogP contribution in [0.15, 0.2) is 48.5 Å². The summed E-state index contributed by atoms with van der Waals surface area (Å²) in [5.41, 5.74) is 2.69. The molecule has 2 N–H and O–H groups in total. The molecule has 3 aromatic rings. The number of anilines is 2. The fraction of sp³-hybridized carbons (Fsp3) is 0.150. The number of carbonyl (C=O) groups excluding carboxylic acids is 2. The van der Waals surface area contributed by atoms with Crippen LogP contribution in [0.2, 0.25) is 5.02 Å². The molecule has 4 rings (SSSR count). The Morgan fingerprint density at radius 3 is 2.57 bits per heavy atom. The van der Waals surface area contributed by atoms with Crippen LogP contribution in [0.4, 0.5) is 15.9 Å². The normalized spacial score (nSPS) is 15.7. The Morgan fingerprint density at radius 2 is 1.89 bits per heavy atom. The van der Waals surface area contributed by atoms with Crippen LogP contribution in [-0.2, 0) is 9.59 Å². The molecule has 1 aliphatic rings. The molecule has 0 fully saturated rings. The van der Waals surface area contributed by atoms with Crippen LogP contribution < -0.4 is 10.6 Å². The number of aromatic nitrogens is 2. The zero-order chi connectivity index (χ0) is 19.8. The zero-order valence-corrected chi connectivity index (χ0v) is 15.6. The third kappa shape index (κ3) is 3.36. The lowest BCUT2D eigenvalue weighted by molar-refractivity contribution is -0.125. The molecule has 0 spiro atoms. The van der Waals surface area contributed by atoms with Crippen LogP contribution in [-0.4, -0.2) is 21.6 Å². The van der Waals surface area contributed by atoms with Gasteiger partial charge in [-0.05, 0) is 43.3 Å². The number of nitrogens with one attached hydrogen (secondary N) is 2. The number of hydrogen-bond acceptors (Lipinski definition) is 3.